The van der Waals surface area contributed by atoms with Gasteiger partial charge in [0.2, 0.25) is 5.91 Å². The number of amides is 1. The first kappa shape index (κ1) is 15.4. The minimum Gasteiger partial charge on any atom is -0.486 e. The number of halogens is 1. The SMILES string of the molecule is O=C(/C=C/c1ccccc1Cl)NCC1COc2ccccc2O1. The van der Waals surface area contributed by atoms with Crippen LogP contribution in [-0.2, 0) is 4.79 Å². The number of carbonyl (C=O) groups excluding carboxylic acids is 1. The standard InChI is InChI=1S/C18H16ClNO3/c19-15-6-2-1-5-13(15)9-10-18(21)20-11-14-12-22-16-7-3-4-8-17(16)23-14/h1-10,14H,11-12H2,(H,20,21)/b10-9+. The van der Waals surface area contributed by atoms with E-state index in [-0.39, 0.29) is 12.0 Å². The number of rotatable bonds is 4. The maximum Gasteiger partial charge on any atom is 0.244 e. The Hall–Kier alpha value is -2.46. The smallest absolute Gasteiger partial charge is 0.244 e. The van der Waals surface area contributed by atoms with Crippen molar-refractivity contribution in [2.24, 2.45) is 0 Å². The minimum absolute atomic E-state index is 0.202. The number of ether oxygens (including phenoxy) is 2. The lowest BCUT2D eigenvalue weighted by Gasteiger charge is -2.26. The van der Waals surface area contributed by atoms with Gasteiger partial charge in [-0.1, -0.05) is 41.9 Å². The van der Waals surface area contributed by atoms with Gasteiger partial charge in [-0.25, -0.2) is 0 Å². The number of carbonyl (C=O) groups is 1. The predicted octanol–water partition coefficient (Wildman–Crippen LogP) is 3.31. The molecule has 0 bridgehead atoms. The molecule has 0 saturated carbocycles. The molecule has 5 heteroatoms. The second kappa shape index (κ2) is 7.20. The van der Waals surface area contributed by atoms with Crippen LogP contribution in [0, 0.1) is 0 Å². The molecule has 0 fully saturated rings. The Balaban J connectivity index is 1.51. The molecule has 2 aromatic rings. The van der Waals surface area contributed by atoms with Crippen molar-refractivity contribution in [2.45, 2.75) is 6.10 Å². The molecule has 4 nitrogen and oxygen atoms in total. The van der Waals surface area contributed by atoms with E-state index in [9.17, 15) is 4.79 Å². The highest BCUT2D eigenvalue weighted by molar-refractivity contribution is 6.32. The van der Waals surface area contributed by atoms with Gasteiger partial charge in [0.15, 0.2) is 11.5 Å². The molecule has 1 N–H and O–H groups in total. The Morgan fingerprint density at radius 2 is 1.91 bits per heavy atom. The van der Waals surface area contributed by atoms with E-state index in [1.807, 2.05) is 42.5 Å². The number of nitrogens with one attached hydrogen (secondary N) is 1. The highest BCUT2D eigenvalue weighted by atomic mass is 35.5. The van der Waals surface area contributed by atoms with Gasteiger partial charge in [0, 0.05) is 11.1 Å². The third kappa shape index (κ3) is 4.05. The Morgan fingerprint density at radius 1 is 1.17 bits per heavy atom. The van der Waals surface area contributed by atoms with Crippen molar-refractivity contribution < 1.29 is 14.3 Å². The van der Waals surface area contributed by atoms with Gasteiger partial charge < -0.3 is 14.8 Å². The molecule has 1 heterocycles. The van der Waals surface area contributed by atoms with Crippen LogP contribution in [0.5, 0.6) is 11.5 Å². The quantitative estimate of drug-likeness (QED) is 0.875. The fourth-order valence-electron chi connectivity index (χ4n) is 2.21. The van der Waals surface area contributed by atoms with Gasteiger partial charge in [-0.3, -0.25) is 4.79 Å². The number of para-hydroxylation sites is 2. The van der Waals surface area contributed by atoms with Crippen molar-refractivity contribution >= 4 is 23.6 Å². The molecular formula is C18H16ClNO3. The molecule has 1 aliphatic heterocycles. The minimum atomic E-state index is -0.206. The first-order chi connectivity index (χ1) is 11.2. The largest absolute Gasteiger partial charge is 0.486 e. The molecule has 118 valence electrons. The second-order valence-corrected chi connectivity index (χ2v) is 5.50. The first-order valence-electron chi connectivity index (χ1n) is 7.31. The molecule has 0 aliphatic carbocycles. The van der Waals surface area contributed by atoms with E-state index in [2.05, 4.69) is 5.32 Å². The summed E-state index contributed by atoms with van der Waals surface area (Å²) in [6.45, 7) is 0.783. The van der Waals surface area contributed by atoms with E-state index in [0.717, 1.165) is 11.3 Å². The molecule has 3 rings (SSSR count). The number of fused-ring (bicyclic) bond motifs is 1. The third-order valence-corrected chi connectivity index (χ3v) is 3.74. The summed E-state index contributed by atoms with van der Waals surface area (Å²) in [7, 11) is 0. The topological polar surface area (TPSA) is 47.6 Å². The van der Waals surface area contributed by atoms with E-state index < -0.39 is 0 Å². The lowest BCUT2D eigenvalue weighted by atomic mass is 10.2. The summed E-state index contributed by atoms with van der Waals surface area (Å²) in [6.07, 6.45) is 2.94. The van der Waals surface area contributed by atoms with Crippen molar-refractivity contribution in [2.75, 3.05) is 13.2 Å². The Morgan fingerprint density at radius 3 is 2.74 bits per heavy atom. The number of benzene rings is 2. The molecule has 1 aliphatic rings. The van der Waals surface area contributed by atoms with Crippen LogP contribution in [-0.4, -0.2) is 25.2 Å². The van der Waals surface area contributed by atoms with Crippen molar-refractivity contribution in [1.82, 2.24) is 5.32 Å². The predicted molar refractivity (Wildman–Crippen MR) is 89.8 cm³/mol. The van der Waals surface area contributed by atoms with Crippen LogP contribution < -0.4 is 14.8 Å². The van der Waals surface area contributed by atoms with E-state index in [1.54, 1.807) is 12.1 Å². The summed E-state index contributed by atoms with van der Waals surface area (Å²) in [5, 5.41) is 3.41. The van der Waals surface area contributed by atoms with Gasteiger partial charge in [-0.05, 0) is 29.8 Å². The average Bonchev–Trinajstić information content (AvgIpc) is 2.59. The van der Waals surface area contributed by atoms with Crippen LogP contribution >= 0.6 is 11.6 Å². The van der Waals surface area contributed by atoms with Crippen LogP contribution in [0.4, 0.5) is 0 Å². The number of hydrogen-bond donors (Lipinski definition) is 1. The average molecular weight is 330 g/mol. The summed E-state index contributed by atoms with van der Waals surface area (Å²) >= 11 is 6.03. The third-order valence-electron chi connectivity index (χ3n) is 3.39. The molecule has 1 unspecified atom stereocenters. The van der Waals surface area contributed by atoms with E-state index in [0.29, 0.717) is 23.9 Å². The van der Waals surface area contributed by atoms with Crippen LogP contribution in [0.15, 0.2) is 54.6 Å². The molecular weight excluding hydrogens is 314 g/mol. The lowest BCUT2D eigenvalue weighted by Crippen LogP contribution is -2.40. The Labute approximate surface area is 139 Å². The summed E-state index contributed by atoms with van der Waals surface area (Å²) in [5.74, 6) is 1.23. The summed E-state index contributed by atoms with van der Waals surface area (Å²) in [6, 6.07) is 14.8. The molecule has 0 aromatic heterocycles. The zero-order valence-corrected chi connectivity index (χ0v) is 13.1. The molecule has 1 amide bonds. The monoisotopic (exact) mass is 329 g/mol. The van der Waals surface area contributed by atoms with Gasteiger partial charge in [0.1, 0.15) is 12.7 Å². The van der Waals surface area contributed by atoms with Crippen molar-refractivity contribution in [3.8, 4) is 11.5 Å². The van der Waals surface area contributed by atoms with Gasteiger partial charge >= 0.3 is 0 Å². The molecule has 1 atom stereocenters. The number of hydrogen-bond acceptors (Lipinski definition) is 3. The highest BCUT2D eigenvalue weighted by Crippen LogP contribution is 2.30. The van der Waals surface area contributed by atoms with Crippen LogP contribution in [0.25, 0.3) is 6.08 Å². The molecule has 2 aromatic carbocycles. The zero-order valence-electron chi connectivity index (χ0n) is 12.4. The van der Waals surface area contributed by atoms with E-state index in [4.69, 9.17) is 21.1 Å². The van der Waals surface area contributed by atoms with Crippen molar-refractivity contribution in [3.05, 3.63) is 65.2 Å². The molecule has 0 spiro atoms. The van der Waals surface area contributed by atoms with Crippen LogP contribution in [0.3, 0.4) is 0 Å². The fraction of sp³-hybridized carbons (Fsp3) is 0.167. The van der Waals surface area contributed by atoms with Gasteiger partial charge in [0.25, 0.3) is 0 Å². The van der Waals surface area contributed by atoms with Gasteiger partial charge in [0.05, 0.1) is 6.54 Å². The van der Waals surface area contributed by atoms with Crippen molar-refractivity contribution in [1.29, 1.82) is 0 Å². The first-order valence-corrected chi connectivity index (χ1v) is 7.69. The van der Waals surface area contributed by atoms with Gasteiger partial charge in [-0.2, -0.15) is 0 Å². The summed E-state index contributed by atoms with van der Waals surface area (Å²) in [5.41, 5.74) is 0.801. The summed E-state index contributed by atoms with van der Waals surface area (Å²) < 4.78 is 11.4. The zero-order chi connectivity index (χ0) is 16.1. The lowest BCUT2D eigenvalue weighted by molar-refractivity contribution is -0.116. The molecule has 23 heavy (non-hydrogen) atoms. The van der Waals surface area contributed by atoms with Crippen LogP contribution in [0.1, 0.15) is 5.56 Å². The maximum absolute atomic E-state index is 11.9. The maximum atomic E-state index is 11.9. The summed E-state index contributed by atoms with van der Waals surface area (Å²) in [4.78, 5) is 11.9. The molecule has 0 radical (unpaired) electrons. The fourth-order valence-corrected chi connectivity index (χ4v) is 2.41. The van der Waals surface area contributed by atoms with Crippen molar-refractivity contribution in [3.63, 3.8) is 0 Å². The van der Waals surface area contributed by atoms with E-state index in [1.165, 1.54) is 6.08 Å². The van der Waals surface area contributed by atoms with Gasteiger partial charge in [-0.15, -0.1) is 0 Å². The normalized spacial score (nSPS) is 16.3. The Kier molecular flexibility index (Phi) is 4.83. The molecule has 0 saturated heterocycles. The Bertz CT molecular complexity index is 730. The van der Waals surface area contributed by atoms with Crippen LogP contribution in [0.2, 0.25) is 5.02 Å². The second-order valence-electron chi connectivity index (χ2n) is 5.10. The van der Waals surface area contributed by atoms with E-state index >= 15 is 0 Å². The highest BCUT2D eigenvalue weighted by Gasteiger charge is 2.20.